The second kappa shape index (κ2) is 6.34. The van der Waals surface area contributed by atoms with E-state index in [0.29, 0.717) is 17.8 Å². The van der Waals surface area contributed by atoms with E-state index in [2.05, 4.69) is 34.1 Å². The predicted octanol–water partition coefficient (Wildman–Crippen LogP) is 4.97. The molecule has 0 saturated heterocycles. The van der Waals surface area contributed by atoms with Crippen LogP contribution < -0.4 is 0 Å². The lowest BCUT2D eigenvalue weighted by Crippen LogP contribution is -2.19. The van der Waals surface area contributed by atoms with Gasteiger partial charge in [-0.2, -0.15) is 0 Å². The standard InChI is InChI=1S/C20H21FN3/c1-13(20-23-10-11-24-20)14-2-4-15(5-3-14)17-8-9-22-19-7-6-16(21)12-18(17)19/h6-10,12-15H,2-5H2,1H3,(H,23,24). The Kier molecular flexibility index (Phi) is 4.05. The highest BCUT2D eigenvalue weighted by atomic mass is 19.1. The van der Waals surface area contributed by atoms with Crippen LogP contribution in [0.25, 0.3) is 10.9 Å². The van der Waals surface area contributed by atoms with Crippen LogP contribution in [-0.4, -0.2) is 15.0 Å². The minimum Gasteiger partial charge on any atom is -0.348 e. The number of imidazole rings is 1. The second-order valence-electron chi connectivity index (χ2n) is 6.88. The van der Waals surface area contributed by atoms with Gasteiger partial charge in [-0.05, 0) is 67.3 Å². The van der Waals surface area contributed by atoms with Crippen molar-refractivity contribution in [3.63, 3.8) is 0 Å². The maximum atomic E-state index is 13.7. The van der Waals surface area contributed by atoms with Gasteiger partial charge in [0.05, 0.1) is 5.52 Å². The van der Waals surface area contributed by atoms with Crippen LogP contribution in [0.5, 0.6) is 0 Å². The summed E-state index contributed by atoms with van der Waals surface area (Å²) in [6, 6.07) is 6.95. The molecule has 123 valence electrons. The van der Waals surface area contributed by atoms with Crippen LogP contribution in [0, 0.1) is 17.9 Å². The van der Waals surface area contributed by atoms with E-state index < -0.39 is 0 Å². The number of aromatic nitrogens is 3. The summed E-state index contributed by atoms with van der Waals surface area (Å²) in [6.07, 6.45) is 11.1. The molecular weight excluding hydrogens is 301 g/mol. The molecule has 2 heterocycles. The first-order chi connectivity index (χ1) is 11.7. The Morgan fingerprint density at radius 2 is 2.04 bits per heavy atom. The number of H-pyrrole nitrogens is 1. The quantitative estimate of drug-likeness (QED) is 0.739. The molecule has 2 aromatic heterocycles. The summed E-state index contributed by atoms with van der Waals surface area (Å²) in [4.78, 5) is 11.9. The molecule has 0 amide bonds. The summed E-state index contributed by atoms with van der Waals surface area (Å²) >= 11 is 0. The molecular formula is C20H21FN3. The number of rotatable bonds is 3. The highest BCUT2D eigenvalue weighted by Crippen LogP contribution is 2.42. The van der Waals surface area contributed by atoms with Crippen LogP contribution in [0.1, 0.15) is 55.8 Å². The molecule has 1 aromatic carbocycles. The largest absolute Gasteiger partial charge is 0.348 e. The van der Waals surface area contributed by atoms with Gasteiger partial charge >= 0.3 is 0 Å². The Balaban J connectivity index is 1.53. The van der Waals surface area contributed by atoms with E-state index in [0.717, 1.165) is 29.6 Å². The summed E-state index contributed by atoms with van der Waals surface area (Å²) in [5.41, 5.74) is 2.13. The lowest BCUT2D eigenvalue weighted by molar-refractivity contribution is 0.286. The number of halogens is 1. The topological polar surface area (TPSA) is 41.6 Å². The third-order valence-electron chi connectivity index (χ3n) is 5.56. The molecule has 1 atom stereocenters. The van der Waals surface area contributed by atoms with E-state index in [1.807, 2.05) is 6.20 Å². The second-order valence-corrected chi connectivity index (χ2v) is 6.88. The van der Waals surface area contributed by atoms with Gasteiger partial charge < -0.3 is 4.98 Å². The minimum atomic E-state index is -0.187. The number of hydrogen-bond acceptors (Lipinski definition) is 2. The van der Waals surface area contributed by atoms with Gasteiger partial charge in [-0.25, -0.2) is 9.37 Å². The van der Waals surface area contributed by atoms with Gasteiger partial charge in [0, 0.05) is 23.7 Å². The Morgan fingerprint density at radius 1 is 1.21 bits per heavy atom. The minimum absolute atomic E-state index is 0.187. The fourth-order valence-corrected chi connectivity index (χ4v) is 4.12. The van der Waals surface area contributed by atoms with Gasteiger partial charge in [0.25, 0.3) is 0 Å². The summed E-state index contributed by atoms with van der Waals surface area (Å²) in [5.74, 6) is 2.42. The van der Waals surface area contributed by atoms with Gasteiger partial charge in [-0.1, -0.05) is 6.92 Å². The van der Waals surface area contributed by atoms with E-state index in [-0.39, 0.29) is 5.82 Å². The van der Waals surface area contributed by atoms with Crippen molar-refractivity contribution < 1.29 is 4.39 Å². The van der Waals surface area contributed by atoms with Crippen LogP contribution in [-0.2, 0) is 0 Å². The van der Waals surface area contributed by atoms with Crippen molar-refractivity contribution in [2.75, 3.05) is 0 Å². The molecule has 3 nitrogen and oxygen atoms in total. The number of aromatic amines is 1. The third kappa shape index (κ3) is 2.81. The van der Waals surface area contributed by atoms with Gasteiger partial charge in [0.15, 0.2) is 0 Å². The smallest absolute Gasteiger partial charge is 0.123 e. The molecule has 1 aliphatic carbocycles. The Bertz CT molecular complexity index is 820. The molecule has 24 heavy (non-hydrogen) atoms. The predicted molar refractivity (Wildman–Crippen MR) is 92.2 cm³/mol. The summed E-state index contributed by atoms with van der Waals surface area (Å²) in [5, 5.41) is 0.967. The number of hydrogen-bond donors (Lipinski definition) is 1. The molecule has 0 bridgehead atoms. The summed E-state index contributed by atoms with van der Waals surface area (Å²) in [6.45, 7) is 2.24. The zero-order valence-electron chi connectivity index (χ0n) is 13.8. The first kappa shape index (κ1) is 15.3. The van der Waals surface area contributed by atoms with Gasteiger partial charge in [-0.3, -0.25) is 4.98 Å². The van der Waals surface area contributed by atoms with Crippen molar-refractivity contribution in [1.29, 1.82) is 0 Å². The van der Waals surface area contributed by atoms with Crippen LogP contribution in [0.2, 0.25) is 0 Å². The Morgan fingerprint density at radius 3 is 2.79 bits per heavy atom. The highest BCUT2D eigenvalue weighted by Gasteiger charge is 2.28. The lowest BCUT2D eigenvalue weighted by Gasteiger charge is -2.32. The molecule has 4 rings (SSSR count). The van der Waals surface area contributed by atoms with E-state index in [4.69, 9.17) is 0 Å². The number of nitrogens with zero attached hydrogens (tertiary/aromatic N) is 2. The van der Waals surface area contributed by atoms with E-state index in [1.165, 1.54) is 24.5 Å². The maximum Gasteiger partial charge on any atom is 0.123 e. The molecule has 0 aliphatic heterocycles. The zero-order chi connectivity index (χ0) is 16.5. The maximum absolute atomic E-state index is 13.7. The van der Waals surface area contributed by atoms with Crippen LogP contribution >= 0.6 is 0 Å². The molecule has 1 N–H and O–H groups in total. The van der Waals surface area contributed by atoms with Gasteiger partial charge in [0.2, 0.25) is 0 Å². The third-order valence-corrected chi connectivity index (χ3v) is 5.56. The Hall–Kier alpha value is -2.23. The zero-order valence-corrected chi connectivity index (χ0v) is 13.8. The van der Waals surface area contributed by atoms with Gasteiger partial charge in [-0.15, -0.1) is 0 Å². The first-order valence-corrected chi connectivity index (χ1v) is 8.68. The normalized spacial score (nSPS) is 22.6. The monoisotopic (exact) mass is 322 g/mol. The molecule has 1 aliphatic rings. The number of fused-ring (bicyclic) bond motifs is 1. The van der Waals surface area contributed by atoms with Crippen LogP contribution in [0.3, 0.4) is 0 Å². The lowest BCUT2D eigenvalue weighted by atomic mass is 9.73. The molecule has 1 saturated carbocycles. The average molecular weight is 322 g/mol. The van der Waals surface area contributed by atoms with Gasteiger partial charge in [0.1, 0.15) is 17.8 Å². The van der Waals surface area contributed by atoms with Crippen molar-refractivity contribution in [3.8, 4) is 0 Å². The number of pyridine rings is 1. The Labute approximate surface area is 141 Å². The first-order valence-electron chi connectivity index (χ1n) is 8.68. The van der Waals surface area contributed by atoms with E-state index in [9.17, 15) is 4.39 Å². The van der Waals surface area contributed by atoms with Crippen molar-refractivity contribution in [2.24, 2.45) is 5.92 Å². The number of nitrogens with one attached hydrogen (secondary N) is 1. The fourth-order valence-electron chi connectivity index (χ4n) is 4.12. The SMILES string of the molecule is CC(c1n[c]c[nH]1)C1CCC(c2ccnc3ccc(F)cc23)CC1. The van der Waals surface area contributed by atoms with Crippen LogP contribution in [0.15, 0.2) is 36.7 Å². The van der Waals surface area contributed by atoms with Crippen molar-refractivity contribution >= 4 is 10.9 Å². The molecule has 1 unspecified atom stereocenters. The average Bonchev–Trinajstić information content (AvgIpc) is 3.15. The fraction of sp³-hybridized carbons (Fsp3) is 0.400. The van der Waals surface area contributed by atoms with Crippen molar-refractivity contribution in [1.82, 2.24) is 15.0 Å². The molecule has 0 spiro atoms. The van der Waals surface area contributed by atoms with Crippen molar-refractivity contribution in [3.05, 3.63) is 60.1 Å². The van der Waals surface area contributed by atoms with Crippen molar-refractivity contribution in [2.45, 2.75) is 44.4 Å². The molecule has 1 radical (unpaired) electrons. The highest BCUT2D eigenvalue weighted by molar-refractivity contribution is 5.82. The summed E-state index contributed by atoms with van der Waals surface area (Å²) in [7, 11) is 0. The summed E-state index contributed by atoms with van der Waals surface area (Å²) < 4.78 is 13.7. The molecule has 1 fully saturated rings. The molecule has 4 heteroatoms. The van der Waals surface area contributed by atoms with E-state index >= 15 is 0 Å². The molecule has 3 aromatic rings. The van der Waals surface area contributed by atoms with E-state index in [1.54, 1.807) is 18.3 Å². The number of benzene rings is 1. The van der Waals surface area contributed by atoms with Crippen LogP contribution in [0.4, 0.5) is 4.39 Å².